The van der Waals surface area contributed by atoms with E-state index in [9.17, 15) is 9.90 Å². The van der Waals surface area contributed by atoms with Crippen molar-refractivity contribution in [1.29, 1.82) is 0 Å². The Hall–Kier alpha value is -2.01. The maximum atomic E-state index is 12.1. The smallest absolute Gasteiger partial charge is 0.270 e. The number of anilines is 1. The molecule has 0 aliphatic carbocycles. The normalized spacial score (nSPS) is 17.8. The van der Waals surface area contributed by atoms with E-state index in [2.05, 4.69) is 4.98 Å². The molecule has 5 nitrogen and oxygen atoms in total. The van der Waals surface area contributed by atoms with Crippen molar-refractivity contribution in [3.8, 4) is 0 Å². The van der Waals surface area contributed by atoms with Gasteiger partial charge in [-0.15, -0.1) is 0 Å². The van der Waals surface area contributed by atoms with Crippen molar-refractivity contribution in [2.45, 2.75) is 12.5 Å². The quantitative estimate of drug-likeness (QED) is 0.654. The number of nitrogen functional groups attached to an aromatic ring is 1. The molecule has 5 heteroatoms. The van der Waals surface area contributed by atoms with Crippen molar-refractivity contribution < 1.29 is 9.90 Å². The zero-order chi connectivity index (χ0) is 12.9. The number of β-amino-alcohol motifs (C(OH)–C–C–N with tert-alkyl or cyclic N) is 1. The number of fused-ring (bicyclic) bond motifs is 1. The summed E-state index contributed by atoms with van der Waals surface area (Å²) in [6.07, 6.45) is 0. The first-order valence-electron chi connectivity index (χ1n) is 5.85. The number of nitrogens with two attached hydrogens (primary N) is 1. The standard InChI is InChI=1S/C13H15N3O2/c1-13(18)6-16(7-13)12(17)10-5-8-3-2-4-9(14)11(8)15-10/h2-5,15,18H,6-7,14H2,1H3. The van der Waals surface area contributed by atoms with Crippen LogP contribution in [0, 0.1) is 0 Å². The van der Waals surface area contributed by atoms with Crippen LogP contribution in [0.15, 0.2) is 24.3 Å². The van der Waals surface area contributed by atoms with Crippen LogP contribution in [0.25, 0.3) is 10.9 Å². The van der Waals surface area contributed by atoms with Gasteiger partial charge in [-0.3, -0.25) is 4.79 Å². The van der Waals surface area contributed by atoms with Gasteiger partial charge in [0.2, 0.25) is 0 Å². The lowest BCUT2D eigenvalue weighted by Gasteiger charge is -2.43. The number of H-pyrrole nitrogens is 1. The number of aromatic nitrogens is 1. The lowest BCUT2D eigenvalue weighted by molar-refractivity contribution is -0.0670. The van der Waals surface area contributed by atoms with Gasteiger partial charge >= 0.3 is 0 Å². The van der Waals surface area contributed by atoms with Crippen LogP contribution in [0.4, 0.5) is 5.69 Å². The predicted octanol–water partition coefficient (Wildman–Crippen LogP) is 0.957. The highest BCUT2D eigenvalue weighted by Crippen LogP contribution is 2.25. The van der Waals surface area contributed by atoms with Crippen LogP contribution in [0.5, 0.6) is 0 Å². The van der Waals surface area contributed by atoms with Gasteiger partial charge in [0.15, 0.2) is 0 Å². The molecule has 3 rings (SSSR count). The molecule has 2 heterocycles. The topological polar surface area (TPSA) is 82.3 Å². The molecule has 94 valence electrons. The third-order valence-corrected chi connectivity index (χ3v) is 3.27. The van der Waals surface area contributed by atoms with Gasteiger partial charge < -0.3 is 20.7 Å². The summed E-state index contributed by atoms with van der Waals surface area (Å²) >= 11 is 0. The van der Waals surface area contributed by atoms with E-state index in [1.165, 1.54) is 0 Å². The summed E-state index contributed by atoms with van der Waals surface area (Å²) in [7, 11) is 0. The fraction of sp³-hybridized carbons (Fsp3) is 0.308. The molecule has 0 saturated carbocycles. The summed E-state index contributed by atoms with van der Waals surface area (Å²) in [5.74, 6) is -0.0999. The zero-order valence-corrected chi connectivity index (χ0v) is 10.1. The number of carbonyl (C=O) groups excluding carboxylic acids is 1. The fourth-order valence-corrected chi connectivity index (χ4v) is 2.38. The Morgan fingerprint density at radius 3 is 2.83 bits per heavy atom. The third-order valence-electron chi connectivity index (χ3n) is 3.27. The van der Waals surface area contributed by atoms with Crippen molar-refractivity contribution >= 4 is 22.5 Å². The molecule has 0 atom stereocenters. The first kappa shape index (κ1) is 11.1. The first-order valence-corrected chi connectivity index (χ1v) is 5.85. The molecule has 0 radical (unpaired) electrons. The van der Waals surface area contributed by atoms with E-state index in [0.29, 0.717) is 24.5 Å². The van der Waals surface area contributed by atoms with Crippen LogP contribution in [-0.2, 0) is 0 Å². The molecule has 1 aliphatic rings. The summed E-state index contributed by atoms with van der Waals surface area (Å²) in [6, 6.07) is 7.35. The molecule has 1 amide bonds. The molecule has 0 bridgehead atoms. The second-order valence-corrected chi connectivity index (χ2v) is 5.15. The van der Waals surface area contributed by atoms with E-state index in [1.54, 1.807) is 24.0 Å². The van der Waals surface area contributed by atoms with Gasteiger partial charge in [0.25, 0.3) is 5.91 Å². The van der Waals surface area contributed by atoms with E-state index in [-0.39, 0.29) is 5.91 Å². The molecule has 1 saturated heterocycles. The third kappa shape index (κ3) is 1.64. The lowest BCUT2D eigenvalue weighted by Crippen LogP contribution is -2.61. The number of nitrogens with one attached hydrogen (secondary N) is 1. The van der Waals surface area contributed by atoms with Gasteiger partial charge in [-0.2, -0.15) is 0 Å². The van der Waals surface area contributed by atoms with Gasteiger partial charge in [0.1, 0.15) is 5.69 Å². The van der Waals surface area contributed by atoms with Crippen molar-refractivity contribution in [1.82, 2.24) is 9.88 Å². The average Bonchev–Trinajstić information content (AvgIpc) is 2.70. The number of carbonyl (C=O) groups is 1. The second kappa shape index (κ2) is 3.49. The van der Waals surface area contributed by atoms with Gasteiger partial charge in [-0.05, 0) is 19.1 Å². The maximum absolute atomic E-state index is 12.1. The molecular formula is C13H15N3O2. The van der Waals surface area contributed by atoms with Gasteiger partial charge in [0.05, 0.1) is 29.9 Å². The predicted molar refractivity (Wildman–Crippen MR) is 69.2 cm³/mol. The molecule has 18 heavy (non-hydrogen) atoms. The average molecular weight is 245 g/mol. The van der Waals surface area contributed by atoms with Gasteiger partial charge in [-0.1, -0.05) is 12.1 Å². The SMILES string of the molecule is CC1(O)CN(C(=O)c2cc3cccc(N)c3[nH]2)C1. The first-order chi connectivity index (χ1) is 8.46. The number of nitrogens with zero attached hydrogens (tertiary/aromatic N) is 1. The van der Waals surface area contributed by atoms with Crippen LogP contribution in [0.1, 0.15) is 17.4 Å². The highest BCUT2D eigenvalue weighted by molar-refractivity contribution is 6.01. The molecule has 1 fully saturated rings. The Balaban J connectivity index is 1.91. The molecule has 1 aromatic heterocycles. The summed E-state index contributed by atoms with van der Waals surface area (Å²) in [5.41, 5.74) is 7.01. The highest BCUT2D eigenvalue weighted by atomic mass is 16.3. The lowest BCUT2D eigenvalue weighted by atomic mass is 9.96. The minimum Gasteiger partial charge on any atom is -0.397 e. The summed E-state index contributed by atoms with van der Waals surface area (Å²) in [5, 5.41) is 10.6. The molecule has 0 spiro atoms. The van der Waals surface area contributed by atoms with E-state index < -0.39 is 5.60 Å². The number of benzene rings is 1. The molecule has 1 aromatic carbocycles. The van der Waals surface area contributed by atoms with Crippen molar-refractivity contribution in [2.75, 3.05) is 18.8 Å². The Kier molecular flexibility index (Phi) is 2.15. The Morgan fingerprint density at radius 1 is 1.50 bits per heavy atom. The number of aromatic amines is 1. The maximum Gasteiger partial charge on any atom is 0.270 e. The Bertz CT molecular complexity index is 622. The monoisotopic (exact) mass is 245 g/mol. The fourth-order valence-electron chi connectivity index (χ4n) is 2.38. The minimum atomic E-state index is -0.749. The Morgan fingerprint density at radius 2 is 2.22 bits per heavy atom. The number of likely N-dealkylation sites (tertiary alicyclic amines) is 1. The van der Waals surface area contributed by atoms with Crippen LogP contribution in [-0.4, -0.2) is 39.6 Å². The van der Waals surface area contributed by atoms with Gasteiger partial charge in [-0.25, -0.2) is 0 Å². The van der Waals surface area contributed by atoms with Crippen LogP contribution in [0.2, 0.25) is 0 Å². The summed E-state index contributed by atoms with van der Waals surface area (Å²) < 4.78 is 0. The molecule has 2 aromatic rings. The van der Waals surface area contributed by atoms with Crippen LogP contribution >= 0.6 is 0 Å². The summed E-state index contributed by atoms with van der Waals surface area (Å²) in [4.78, 5) is 16.8. The van der Waals surface area contributed by atoms with Crippen LogP contribution < -0.4 is 5.73 Å². The Labute approximate surface area is 104 Å². The van der Waals surface area contributed by atoms with Crippen molar-refractivity contribution in [2.24, 2.45) is 0 Å². The summed E-state index contributed by atoms with van der Waals surface area (Å²) in [6.45, 7) is 2.47. The number of hydrogen-bond donors (Lipinski definition) is 3. The second-order valence-electron chi connectivity index (χ2n) is 5.15. The minimum absolute atomic E-state index is 0.0999. The highest BCUT2D eigenvalue weighted by Gasteiger charge is 2.40. The van der Waals surface area contributed by atoms with Crippen molar-refractivity contribution in [3.05, 3.63) is 30.0 Å². The number of hydrogen-bond acceptors (Lipinski definition) is 3. The van der Waals surface area contributed by atoms with E-state index >= 15 is 0 Å². The molecular weight excluding hydrogens is 230 g/mol. The number of rotatable bonds is 1. The number of amides is 1. The largest absolute Gasteiger partial charge is 0.397 e. The zero-order valence-electron chi connectivity index (χ0n) is 10.1. The number of aliphatic hydroxyl groups is 1. The number of para-hydroxylation sites is 1. The van der Waals surface area contributed by atoms with E-state index in [0.717, 1.165) is 10.9 Å². The van der Waals surface area contributed by atoms with E-state index in [4.69, 9.17) is 5.73 Å². The molecule has 0 unspecified atom stereocenters. The van der Waals surface area contributed by atoms with Crippen molar-refractivity contribution in [3.63, 3.8) is 0 Å². The van der Waals surface area contributed by atoms with Gasteiger partial charge in [0, 0.05) is 5.39 Å². The molecule has 1 aliphatic heterocycles. The molecule has 4 N–H and O–H groups in total. The van der Waals surface area contributed by atoms with Crippen LogP contribution in [0.3, 0.4) is 0 Å². The van der Waals surface area contributed by atoms with E-state index in [1.807, 2.05) is 12.1 Å².